The van der Waals surface area contributed by atoms with E-state index in [-0.39, 0.29) is 17.4 Å². The summed E-state index contributed by atoms with van der Waals surface area (Å²) in [4.78, 5) is 45.4. The first-order chi connectivity index (χ1) is 19.7. The van der Waals surface area contributed by atoms with Crippen LogP contribution in [-0.2, 0) is 19.7 Å². The topological polar surface area (TPSA) is 114 Å². The Labute approximate surface area is 246 Å². The SMILES string of the molecule is COC(=O)C(C)(c1ccc(Cl)cc1)c1coc(NC(=O)c2c(F)cc(N3CCN(C(=O)OC(C)(C)C)CC3)cc2F)n1. The van der Waals surface area contributed by atoms with Gasteiger partial charge in [-0.3, -0.25) is 14.9 Å². The number of nitrogens with zero attached hydrogens (tertiary/aromatic N) is 3. The molecule has 1 aliphatic rings. The van der Waals surface area contributed by atoms with Crippen molar-refractivity contribution in [2.45, 2.75) is 38.7 Å². The highest BCUT2D eigenvalue weighted by Gasteiger charge is 2.41. The number of ether oxygens (including phenoxy) is 2. The maximum absolute atomic E-state index is 15.1. The van der Waals surface area contributed by atoms with Crippen LogP contribution in [0.15, 0.2) is 47.1 Å². The first-order valence-corrected chi connectivity index (χ1v) is 13.4. The highest BCUT2D eigenvalue weighted by atomic mass is 35.5. The number of halogens is 3. The summed E-state index contributed by atoms with van der Waals surface area (Å²) in [6.45, 7) is 8.09. The molecular weight excluding hydrogens is 574 g/mol. The Morgan fingerprint density at radius 2 is 1.60 bits per heavy atom. The van der Waals surface area contributed by atoms with Gasteiger partial charge in [-0.05, 0) is 57.5 Å². The molecule has 2 aromatic carbocycles. The smallest absolute Gasteiger partial charge is 0.410 e. The first-order valence-electron chi connectivity index (χ1n) is 13.1. The van der Waals surface area contributed by atoms with Crippen molar-refractivity contribution in [1.82, 2.24) is 9.88 Å². The number of aromatic nitrogens is 1. The van der Waals surface area contributed by atoms with Crippen LogP contribution in [0.5, 0.6) is 0 Å². The van der Waals surface area contributed by atoms with Crippen molar-refractivity contribution >= 4 is 41.3 Å². The fraction of sp³-hybridized carbons (Fsp3) is 0.379. The number of carbonyl (C=O) groups is 3. The van der Waals surface area contributed by atoms with Crippen LogP contribution in [0, 0.1) is 11.6 Å². The van der Waals surface area contributed by atoms with Gasteiger partial charge in [0.2, 0.25) is 0 Å². The lowest BCUT2D eigenvalue weighted by molar-refractivity contribution is -0.145. The van der Waals surface area contributed by atoms with E-state index >= 15 is 8.78 Å². The van der Waals surface area contributed by atoms with Crippen molar-refractivity contribution in [2.24, 2.45) is 0 Å². The third kappa shape index (κ3) is 6.48. The monoisotopic (exact) mass is 604 g/mol. The molecule has 2 heterocycles. The Bertz CT molecular complexity index is 1460. The summed E-state index contributed by atoms with van der Waals surface area (Å²) in [5.41, 5.74) is -2.10. The van der Waals surface area contributed by atoms with Crippen LogP contribution in [0.2, 0.25) is 5.02 Å². The molecule has 0 aliphatic carbocycles. The average Bonchev–Trinajstić information content (AvgIpc) is 3.40. The molecule has 1 unspecified atom stereocenters. The van der Waals surface area contributed by atoms with E-state index in [1.807, 2.05) is 0 Å². The van der Waals surface area contributed by atoms with Gasteiger partial charge in [0.05, 0.1) is 7.11 Å². The van der Waals surface area contributed by atoms with E-state index in [0.29, 0.717) is 36.8 Å². The predicted molar refractivity (Wildman–Crippen MR) is 151 cm³/mol. The summed E-state index contributed by atoms with van der Waals surface area (Å²) in [6, 6.07) is 8.16. The van der Waals surface area contributed by atoms with E-state index in [4.69, 9.17) is 25.5 Å². The Hall–Kier alpha value is -4.19. The van der Waals surface area contributed by atoms with Crippen LogP contribution in [0.3, 0.4) is 0 Å². The molecule has 1 aromatic heterocycles. The lowest BCUT2D eigenvalue weighted by Crippen LogP contribution is -2.50. The van der Waals surface area contributed by atoms with E-state index < -0.39 is 46.2 Å². The number of nitrogens with one attached hydrogen (secondary N) is 1. The number of rotatable bonds is 6. The molecule has 1 N–H and O–H groups in total. The summed E-state index contributed by atoms with van der Waals surface area (Å²) < 4.78 is 45.8. The minimum Gasteiger partial charge on any atom is -0.468 e. The molecule has 13 heteroatoms. The number of anilines is 2. The molecule has 4 rings (SSSR count). The average molecular weight is 605 g/mol. The van der Waals surface area contributed by atoms with Crippen LogP contribution in [0.1, 0.15) is 49.3 Å². The van der Waals surface area contributed by atoms with E-state index in [0.717, 1.165) is 18.4 Å². The number of oxazole rings is 1. The molecule has 1 atom stereocenters. The van der Waals surface area contributed by atoms with Crippen LogP contribution >= 0.6 is 11.6 Å². The van der Waals surface area contributed by atoms with E-state index in [2.05, 4.69) is 10.3 Å². The second kappa shape index (κ2) is 12.0. The standard InChI is InChI=1S/C29H31ClF2N4O6/c1-28(2,3)42-27(39)36-12-10-35(11-13-36)19-14-20(31)23(21(32)15-19)24(37)34-26-33-22(16-41-26)29(4,25(38)40-5)17-6-8-18(30)9-7-17/h6-9,14-16H,10-13H2,1-5H3,(H,33,34,37). The Morgan fingerprint density at radius 1 is 1.00 bits per heavy atom. The maximum Gasteiger partial charge on any atom is 0.410 e. The molecule has 3 aromatic rings. The number of methoxy groups -OCH3 is 1. The summed E-state index contributed by atoms with van der Waals surface area (Å²) >= 11 is 5.98. The molecular formula is C29H31ClF2N4O6. The third-order valence-corrected chi connectivity index (χ3v) is 7.05. The molecule has 1 saturated heterocycles. The number of hydrogen-bond acceptors (Lipinski definition) is 8. The van der Waals surface area contributed by atoms with Gasteiger partial charge < -0.3 is 23.7 Å². The van der Waals surface area contributed by atoms with Gasteiger partial charge in [-0.15, -0.1) is 0 Å². The number of hydrogen-bond donors (Lipinski definition) is 1. The van der Waals surface area contributed by atoms with Gasteiger partial charge in [-0.2, -0.15) is 4.98 Å². The number of amides is 2. The van der Waals surface area contributed by atoms with Gasteiger partial charge >= 0.3 is 18.1 Å². The molecule has 224 valence electrons. The molecule has 1 aliphatic heterocycles. The van der Waals surface area contributed by atoms with Crippen LogP contribution in [0.4, 0.5) is 25.3 Å². The maximum atomic E-state index is 15.1. The summed E-state index contributed by atoms with van der Waals surface area (Å²) in [6.07, 6.45) is 0.690. The van der Waals surface area contributed by atoms with Crippen molar-refractivity contribution in [3.8, 4) is 0 Å². The van der Waals surface area contributed by atoms with Crippen molar-refractivity contribution in [1.29, 1.82) is 0 Å². The van der Waals surface area contributed by atoms with E-state index in [9.17, 15) is 14.4 Å². The summed E-state index contributed by atoms with van der Waals surface area (Å²) in [5, 5.41) is 2.70. The minimum absolute atomic E-state index is 0.0915. The molecule has 42 heavy (non-hydrogen) atoms. The Balaban J connectivity index is 1.48. The lowest BCUT2D eigenvalue weighted by Gasteiger charge is -2.36. The fourth-order valence-electron chi connectivity index (χ4n) is 4.51. The largest absolute Gasteiger partial charge is 0.468 e. The molecule has 10 nitrogen and oxygen atoms in total. The zero-order valence-electron chi connectivity index (χ0n) is 23.8. The van der Waals surface area contributed by atoms with Crippen molar-refractivity contribution in [2.75, 3.05) is 43.5 Å². The summed E-state index contributed by atoms with van der Waals surface area (Å²) in [5.74, 6) is -3.98. The minimum atomic E-state index is -1.43. The zero-order chi connectivity index (χ0) is 30.8. The van der Waals surface area contributed by atoms with Gasteiger partial charge in [0, 0.05) is 36.9 Å². The Morgan fingerprint density at radius 3 is 2.14 bits per heavy atom. The third-order valence-electron chi connectivity index (χ3n) is 6.80. The predicted octanol–water partition coefficient (Wildman–Crippen LogP) is 5.39. The van der Waals surface area contributed by atoms with E-state index in [1.165, 1.54) is 12.0 Å². The number of esters is 1. The van der Waals surface area contributed by atoms with E-state index in [1.54, 1.807) is 56.9 Å². The van der Waals surface area contributed by atoms with Gasteiger partial charge in [0.1, 0.15) is 40.2 Å². The van der Waals surface area contributed by atoms with Gasteiger partial charge in [0.15, 0.2) is 0 Å². The molecule has 0 saturated carbocycles. The van der Waals surface area contributed by atoms with Gasteiger partial charge in [-0.25, -0.2) is 13.6 Å². The van der Waals surface area contributed by atoms with Crippen molar-refractivity contribution in [3.05, 3.63) is 76.1 Å². The number of piperazine rings is 1. The van der Waals surface area contributed by atoms with Crippen molar-refractivity contribution in [3.63, 3.8) is 0 Å². The highest BCUT2D eigenvalue weighted by molar-refractivity contribution is 6.30. The second-order valence-corrected chi connectivity index (χ2v) is 11.3. The normalized spacial score (nSPS) is 15.1. The van der Waals surface area contributed by atoms with Crippen LogP contribution < -0.4 is 10.2 Å². The fourth-order valence-corrected chi connectivity index (χ4v) is 4.64. The van der Waals surface area contributed by atoms with Crippen molar-refractivity contribution < 1.29 is 37.1 Å². The molecule has 2 amide bonds. The first kappa shape index (κ1) is 30.8. The van der Waals surface area contributed by atoms with Gasteiger partial charge in [-0.1, -0.05) is 23.7 Å². The molecule has 0 bridgehead atoms. The summed E-state index contributed by atoms with van der Waals surface area (Å²) in [7, 11) is 1.22. The zero-order valence-corrected chi connectivity index (χ0v) is 24.6. The van der Waals surface area contributed by atoms with Crippen LogP contribution in [-0.4, -0.2) is 66.7 Å². The number of benzene rings is 2. The van der Waals surface area contributed by atoms with Crippen LogP contribution in [0.25, 0.3) is 0 Å². The number of carbonyl (C=O) groups excluding carboxylic acids is 3. The highest BCUT2D eigenvalue weighted by Crippen LogP contribution is 2.34. The lowest BCUT2D eigenvalue weighted by atomic mass is 9.80. The molecule has 1 fully saturated rings. The molecule has 0 radical (unpaired) electrons. The quantitative estimate of drug-likeness (QED) is 0.372. The van der Waals surface area contributed by atoms with Gasteiger partial charge in [0.25, 0.3) is 5.91 Å². The Kier molecular flexibility index (Phi) is 8.76. The second-order valence-electron chi connectivity index (χ2n) is 10.9. The molecule has 0 spiro atoms.